The molecule has 0 atom stereocenters. The fourth-order valence-corrected chi connectivity index (χ4v) is 1.25. The van der Waals surface area contributed by atoms with Crippen LogP contribution in [-0.4, -0.2) is 22.7 Å². The van der Waals surface area contributed by atoms with Gasteiger partial charge in [0, 0.05) is 12.6 Å². The Kier molecular flexibility index (Phi) is 4.77. The van der Waals surface area contributed by atoms with Gasteiger partial charge in [-0.25, -0.2) is 8.78 Å². The predicted molar refractivity (Wildman–Crippen MR) is 62.8 cm³/mol. The number of hydrogen-bond acceptors (Lipinski definition) is 2. The van der Waals surface area contributed by atoms with Crippen molar-refractivity contribution in [2.24, 2.45) is 0 Å². The normalized spacial score (nSPS) is 9.76. The number of nitrogens with one attached hydrogen (secondary N) is 2. The first-order valence-corrected chi connectivity index (χ1v) is 5.11. The summed E-state index contributed by atoms with van der Waals surface area (Å²) in [5, 5.41) is 13.5. The van der Waals surface area contributed by atoms with E-state index in [1.165, 1.54) is 6.07 Å². The van der Waals surface area contributed by atoms with Crippen LogP contribution in [0.3, 0.4) is 0 Å². The van der Waals surface area contributed by atoms with Gasteiger partial charge in [-0.05, 0) is 24.4 Å². The van der Waals surface area contributed by atoms with Crippen LogP contribution in [0.4, 0.5) is 14.5 Å². The zero-order valence-electron chi connectivity index (χ0n) is 8.67. The summed E-state index contributed by atoms with van der Waals surface area (Å²) in [6.45, 7) is 0.129. The molecule has 7 heteroatoms. The van der Waals surface area contributed by atoms with Crippen molar-refractivity contribution in [1.29, 1.82) is 0 Å². The minimum atomic E-state index is -0.965. The van der Waals surface area contributed by atoms with Gasteiger partial charge >= 0.3 is 5.97 Å². The molecule has 0 saturated carbocycles. The number of carbonyl (C=O) groups is 1. The zero-order valence-corrected chi connectivity index (χ0v) is 9.48. The van der Waals surface area contributed by atoms with Crippen molar-refractivity contribution in [3.8, 4) is 0 Å². The first-order valence-electron chi connectivity index (χ1n) is 4.70. The van der Waals surface area contributed by atoms with E-state index in [0.717, 1.165) is 12.1 Å². The Balaban J connectivity index is 2.48. The van der Waals surface area contributed by atoms with Crippen molar-refractivity contribution in [3.63, 3.8) is 0 Å². The van der Waals surface area contributed by atoms with E-state index in [1.807, 2.05) is 0 Å². The van der Waals surface area contributed by atoms with Gasteiger partial charge in [0.15, 0.2) is 5.11 Å². The highest BCUT2D eigenvalue weighted by Gasteiger charge is 2.05. The first kappa shape index (κ1) is 13.3. The maximum absolute atomic E-state index is 13.2. The van der Waals surface area contributed by atoms with E-state index in [-0.39, 0.29) is 23.8 Å². The van der Waals surface area contributed by atoms with Gasteiger partial charge in [0.1, 0.15) is 11.6 Å². The molecule has 0 amide bonds. The van der Waals surface area contributed by atoms with Crippen molar-refractivity contribution in [1.82, 2.24) is 5.32 Å². The summed E-state index contributed by atoms with van der Waals surface area (Å²) in [7, 11) is 0. The van der Waals surface area contributed by atoms with Crippen LogP contribution in [0.1, 0.15) is 6.42 Å². The van der Waals surface area contributed by atoms with Crippen LogP contribution < -0.4 is 10.6 Å². The van der Waals surface area contributed by atoms with E-state index in [0.29, 0.717) is 0 Å². The highest BCUT2D eigenvalue weighted by Crippen LogP contribution is 2.14. The molecule has 92 valence electrons. The standard InChI is InChI=1S/C10H10F2N2O2S/c11-6-1-2-8(7(12)5-6)14-10(17)13-4-3-9(15)16/h1-2,5H,3-4H2,(H,15,16)(H2,13,14,17). The zero-order chi connectivity index (χ0) is 12.8. The fraction of sp³-hybridized carbons (Fsp3) is 0.200. The Morgan fingerprint density at radius 1 is 1.41 bits per heavy atom. The molecule has 0 aromatic heterocycles. The lowest BCUT2D eigenvalue weighted by Crippen LogP contribution is -2.30. The summed E-state index contributed by atoms with van der Waals surface area (Å²) in [6, 6.07) is 3.02. The highest BCUT2D eigenvalue weighted by molar-refractivity contribution is 7.80. The molecule has 0 bridgehead atoms. The second-order valence-electron chi connectivity index (χ2n) is 3.15. The number of halogens is 2. The van der Waals surface area contributed by atoms with E-state index in [2.05, 4.69) is 10.6 Å². The SMILES string of the molecule is O=C(O)CCNC(=S)Nc1ccc(F)cc1F. The molecule has 0 unspecified atom stereocenters. The van der Waals surface area contributed by atoms with Crippen molar-refractivity contribution < 1.29 is 18.7 Å². The van der Waals surface area contributed by atoms with Crippen LogP contribution in [0.5, 0.6) is 0 Å². The van der Waals surface area contributed by atoms with E-state index < -0.39 is 17.6 Å². The number of rotatable bonds is 4. The van der Waals surface area contributed by atoms with Crippen molar-refractivity contribution in [2.75, 3.05) is 11.9 Å². The molecule has 0 aliphatic rings. The summed E-state index contributed by atoms with van der Waals surface area (Å²) in [5.74, 6) is -2.42. The third-order valence-corrected chi connectivity index (χ3v) is 2.05. The van der Waals surface area contributed by atoms with Crippen molar-refractivity contribution in [3.05, 3.63) is 29.8 Å². The average molecular weight is 260 g/mol. The number of carboxylic acid groups (broad SMARTS) is 1. The molecule has 0 heterocycles. The number of thiocarbonyl (C=S) groups is 1. The highest BCUT2D eigenvalue weighted by atomic mass is 32.1. The van der Waals surface area contributed by atoms with E-state index >= 15 is 0 Å². The number of anilines is 1. The first-order chi connectivity index (χ1) is 7.99. The molecule has 1 aromatic carbocycles. The Hall–Kier alpha value is -1.76. The smallest absolute Gasteiger partial charge is 0.305 e. The molecule has 4 nitrogen and oxygen atoms in total. The Morgan fingerprint density at radius 2 is 2.12 bits per heavy atom. The topological polar surface area (TPSA) is 61.4 Å². The minimum Gasteiger partial charge on any atom is -0.481 e. The van der Waals surface area contributed by atoms with Crippen LogP contribution in [0.25, 0.3) is 0 Å². The molecule has 1 rings (SSSR count). The number of benzene rings is 1. The lowest BCUT2D eigenvalue weighted by atomic mass is 10.3. The third-order valence-electron chi connectivity index (χ3n) is 1.80. The van der Waals surface area contributed by atoms with E-state index in [1.54, 1.807) is 0 Å². The fourth-order valence-electron chi connectivity index (χ4n) is 1.04. The molecule has 0 aliphatic carbocycles. The van der Waals surface area contributed by atoms with Crippen LogP contribution in [0.2, 0.25) is 0 Å². The van der Waals surface area contributed by atoms with Crippen LogP contribution in [-0.2, 0) is 4.79 Å². The lowest BCUT2D eigenvalue weighted by molar-refractivity contribution is -0.136. The Labute approximate surface area is 102 Å². The summed E-state index contributed by atoms with van der Waals surface area (Å²) in [4.78, 5) is 10.2. The quantitative estimate of drug-likeness (QED) is 0.720. The second kappa shape index (κ2) is 6.09. The minimum absolute atomic E-state index is 0.0271. The van der Waals surface area contributed by atoms with Gasteiger partial charge in [-0.1, -0.05) is 0 Å². The summed E-state index contributed by atoms with van der Waals surface area (Å²) < 4.78 is 25.8. The van der Waals surface area contributed by atoms with Gasteiger partial charge in [0.05, 0.1) is 12.1 Å². The number of hydrogen-bond donors (Lipinski definition) is 3. The Morgan fingerprint density at radius 3 is 2.71 bits per heavy atom. The van der Waals surface area contributed by atoms with Gasteiger partial charge in [-0.15, -0.1) is 0 Å². The second-order valence-corrected chi connectivity index (χ2v) is 3.56. The predicted octanol–water partition coefficient (Wildman–Crippen LogP) is 1.73. The monoisotopic (exact) mass is 260 g/mol. The summed E-state index contributed by atoms with van der Waals surface area (Å²) in [6.07, 6.45) is -0.103. The molecule has 0 fully saturated rings. The van der Waals surface area contributed by atoms with Crippen molar-refractivity contribution in [2.45, 2.75) is 6.42 Å². The molecule has 0 aliphatic heterocycles. The van der Waals surface area contributed by atoms with Gasteiger partial charge < -0.3 is 15.7 Å². The van der Waals surface area contributed by atoms with Crippen molar-refractivity contribution >= 4 is 29.0 Å². The van der Waals surface area contributed by atoms with Gasteiger partial charge in [-0.2, -0.15) is 0 Å². The van der Waals surface area contributed by atoms with Crippen LogP contribution in [0, 0.1) is 11.6 Å². The molecular formula is C10H10F2N2O2S. The van der Waals surface area contributed by atoms with E-state index in [9.17, 15) is 13.6 Å². The molecule has 17 heavy (non-hydrogen) atoms. The van der Waals surface area contributed by atoms with Gasteiger partial charge in [0.25, 0.3) is 0 Å². The molecular weight excluding hydrogens is 250 g/mol. The molecule has 0 radical (unpaired) electrons. The maximum Gasteiger partial charge on any atom is 0.305 e. The summed E-state index contributed by atoms with van der Waals surface area (Å²) >= 11 is 4.80. The lowest BCUT2D eigenvalue weighted by Gasteiger charge is -2.10. The largest absolute Gasteiger partial charge is 0.481 e. The number of aliphatic carboxylic acids is 1. The average Bonchev–Trinajstić information content (AvgIpc) is 2.21. The van der Waals surface area contributed by atoms with Gasteiger partial charge in [-0.3, -0.25) is 4.79 Å². The molecule has 0 spiro atoms. The Bertz CT molecular complexity index is 440. The third kappa shape index (κ3) is 4.73. The molecule has 0 saturated heterocycles. The summed E-state index contributed by atoms with van der Waals surface area (Å²) in [5.41, 5.74) is 0.0271. The van der Waals surface area contributed by atoms with Gasteiger partial charge in [0.2, 0.25) is 0 Å². The maximum atomic E-state index is 13.2. The molecule has 1 aromatic rings. The van der Waals surface area contributed by atoms with Crippen LogP contribution >= 0.6 is 12.2 Å². The molecule has 3 N–H and O–H groups in total. The van der Waals surface area contributed by atoms with Crippen LogP contribution in [0.15, 0.2) is 18.2 Å². The van der Waals surface area contributed by atoms with E-state index in [4.69, 9.17) is 17.3 Å². The number of carboxylic acids is 1.